The van der Waals surface area contributed by atoms with Gasteiger partial charge in [-0.2, -0.15) is 5.10 Å². The Labute approximate surface area is 241 Å². The maximum Gasteiger partial charge on any atom is 0.410 e. The molecule has 1 aromatic heterocycles. The maximum absolute atomic E-state index is 13.8. The zero-order chi connectivity index (χ0) is 29.6. The van der Waals surface area contributed by atoms with E-state index in [4.69, 9.17) is 18.9 Å². The SMILES string of the molecule is CCOc1ccc(OCC)c(NC(=O)c2cnn(-c3ccc(OC)cc3)c2C2CCN(C(=O)OC(C)(C)C)CC2)c1. The summed E-state index contributed by atoms with van der Waals surface area (Å²) in [7, 11) is 1.62. The van der Waals surface area contributed by atoms with Crippen LogP contribution in [-0.4, -0.2) is 65.7 Å². The van der Waals surface area contributed by atoms with Crippen LogP contribution in [0.4, 0.5) is 10.5 Å². The lowest BCUT2D eigenvalue weighted by atomic mass is 9.90. The Morgan fingerprint density at radius 2 is 1.63 bits per heavy atom. The Hall–Kier alpha value is -4.21. The monoisotopic (exact) mass is 564 g/mol. The lowest BCUT2D eigenvalue weighted by Gasteiger charge is -2.34. The van der Waals surface area contributed by atoms with E-state index in [1.165, 1.54) is 0 Å². The standard InChI is InChI=1S/C31H40N4O6/c1-7-39-24-13-14-27(40-8-2)26(19-24)33-29(36)25-20-32-35(22-9-11-23(38-6)12-10-22)28(25)21-15-17-34(18-16-21)30(37)41-31(3,4)5/h9-14,19-21H,7-8,15-18H2,1-6H3,(H,33,36). The molecular formula is C31H40N4O6. The van der Waals surface area contributed by atoms with Crippen molar-refractivity contribution in [2.24, 2.45) is 0 Å². The lowest BCUT2D eigenvalue weighted by molar-refractivity contribution is 0.0203. The van der Waals surface area contributed by atoms with Crippen LogP contribution in [0.3, 0.4) is 0 Å². The molecule has 2 aromatic carbocycles. The molecule has 0 bridgehead atoms. The molecule has 0 atom stereocenters. The van der Waals surface area contributed by atoms with Gasteiger partial charge in [-0.25, -0.2) is 9.48 Å². The van der Waals surface area contributed by atoms with E-state index >= 15 is 0 Å². The first-order valence-corrected chi connectivity index (χ1v) is 14.0. The topological polar surface area (TPSA) is 104 Å². The Kier molecular flexibility index (Phi) is 9.42. The van der Waals surface area contributed by atoms with Crippen LogP contribution in [0, 0.1) is 0 Å². The molecule has 0 spiro atoms. The third-order valence-electron chi connectivity index (χ3n) is 6.71. The first-order valence-electron chi connectivity index (χ1n) is 14.0. The molecule has 10 heteroatoms. The molecular weight excluding hydrogens is 524 g/mol. The van der Waals surface area contributed by atoms with Gasteiger partial charge in [0.15, 0.2) is 0 Å². The number of amides is 2. The molecule has 1 saturated heterocycles. The zero-order valence-electron chi connectivity index (χ0n) is 24.7. The van der Waals surface area contributed by atoms with E-state index in [0.29, 0.717) is 61.9 Å². The second-order valence-electron chi connectivity index (χ2n) is 10.8. The first-order chi connectivity index (χ1) is 19.6. The van der Waals surface area contributed by atoms with E-state index in [9.17, 15) is 9.59 Å². The molecule has 3 aromatic rings. The van der Waals surface area contributed by atoms with Crippen molar-refractivity contribution >= 4 is 17.7 Å². The minimum Gasteiger partial charge on any atom is -0.497 e. The van der Waals surface area contributed by atoms with Crippen LogP contribution in [-0.2, 0) is 4.74 Å². The minimum absolute atomic E-state index is 0.0137. The summed E-state index contributed by atoms with van der Waals surface area (Å²) in [6.07, 6.45) is 2.59. The number of piperidine rings is 1. The third-order valence-corrected chi connectivity index (χ3v) is 6.71. The summed E-state index contributed by atoms with van der Waals surface area (Å²) in [6, 6.07) is 12.9. The van der Waals surface area contributed by atoms with Crippen LogP contribution in [0.25, 0.3) is 5.69 Å². The predicted molar refractivity (Wildman–Crippen MR) is 157 cm³/mol. The second kappa shape index (κ2) is 13.0. The number of anilines is 1. The largest absolute Gasteiger partial charge is 0.497 e. The van der Waals surface area contributed by atoms with Crippen LogP contribution in [0.2, 0.25) is 0 Å². The van der Waals surface area contributed by atoms with Crippen molar-refractivity contribution in [1.29, 1.82) is 0 Å². The fraction of sp³-hybridized carbons (Fsp3) is 0.452. The Bertz CT molecular complexity index is 1340. The van der Waals surface area contributed by atoms with E-state index in [0.717, 1.165) is 17.1 Å². The van der Waals surface area contributed by atoms with Crippen LogP contribution in [0.1, 0.15) is 69.4 Å². The molecule has 0 radical (unpaired) electrons. The molecule has 1 fully saturated rings. The van der Waals surface area contributed by atoms with Crippen molar-refractivity contribution in [2.75, 3.05) is 38.7 Å². The summed E-state index contributed by atoms with van der Waals surface area (Å²) in [5.74, 6) is 1.60. The quantitative estimate of drug-likeness (QED) is 0.338. The number of ether oxygens (including phenoxy) is 4. The highest BCUT2D eigenvalue weighted by molar-refractivity contribution is 6.06. The van der Waals surface area contributed by atoms with Crippen molar-refractivity contribution in [3.8, 4) is 22.9 Å². The Morgan fingerprint density at radius 1 is 0.976 bits per heavy atom. The van der Waals surface area contributed by atoms with Gasteiger partial charge in [-0.05, 0) is 83.9 Å². The van der Waals surface area contributed by atoms with Gasteiger partial charge in [0, 0.05) is 25.1 Å². The van der Waals surface area contributed by atoms with Crippen LogP contribution in [0.5, 0.6) is 17.2 Å². The van der Waals surface area contributed by atoms with Gasteiger partial charge in [0.25, 0.3) is 5.91 Å². The van der Waals surface area contributed by atoms with Gasteiger partial charge in [-0.3, -0.25) is 4.79 Å². The van der Waals surface area contributed by atoms with Gasteiger partial charge in [0.05, 0.1) is 49.2 Å². The molecule has 1 aliphatic rings. The van der Waals surface area contributed by atoms with Crippen molar-refractivity contribution in [3.05, 3.63) is 59.9 Å². The van der Waals surface area contributed by atoms with Crippen molar-refractivity contribution in [1.82, 2.24) is 14.7 Å². The zero-order valence-corrected chi connectivity index (χ0v) is 24.7. The molecule has 0 saturated carbocycles. The molecule has 220 valence electrons. The average molecular weight is 565 g/mol. The van der Waals surface area contributed by atoms with Gasteiger partial charge in [-0.15, -0.1) is 0 Å². The molecule has 2 heterocycles. The highest BCUT2D eigenvalue weighted by atomic mass is 16.6. The van der Waals surface area contributed by atoms with Crippen LogP contribution in [0.15, 0.2) is 48.7 Å². The van der Waals surface area contributed by atoms with Crippen molar-refractivity contribution < 1.29 is 28.5 Å². The summed E-state index contributed by atoms with van der Waals surface area (Å²) in [6.45, 7) is 11.4. The van der Waals surface area contributed by atoms with Crippen LogP contribution >= 0.6 is 0 Å². The number of hydrogen-bond donors (Lipinski definition) is 1. The van der Waals surface area contributed by atoms with Gasteiger partial charge in [0.1, 0.15) is 22.8 Å². The number of carbonyl (C=O) groups excluding carboxylic acids is 2. The highest BCUT2D eigenvalue weighted by Gasteiger charge is 2.32. The Morgan fingerprint density at radius 3 is 2.24 bits per heavy atom. The summed E-state index contributed by atoms with van der Waals surface area (Å²) in [5, 5.41) is 7.67. The second-order valence-corrected chi connectivity index (χ2v) is 10.8. The lowest BCUT2D eigenvalue weighted by Crippen LogP contribution is -2.41. The van der Waals surface area contributed by atoms with Gasteiger partial charge in [0.2, 0.25) is 0 Å². The number of nitrogens with one attached hydrogen (secondary N) is 1. The van der Waals surface area contributed by atoms with E-state index in [2.05, 4.69) is 10.4 Å². The average Bonchev–Trinajstić information content (AvgIpc) is 3.39. The molecule has 0 unspecified atom stereocenters. The number of carbonyl (C=O) groups is 2. The number of aromatic nitrogens is 2. The number of rotatable bonds is 9. The summed E-state index contributed by atoms with van der Waals surface area (Å²) < 4.78 is 24.1. The van der Waals surface area contributed by atoms with Gasteiger partial charge >= 0.3 is 6.09 Å². The predicted octanol–water partition coefficient (Wildman–Crippen LogP) is 6.05. The number of benzene rings is 2. The summed E-state index contributed by atoms with van der Waals surface area (Å²) in [5.41, 5.74) is 2.01. The third kappa shape index (κ3) is 7.31. The van der Waals surface area contributed by atoms with Gasteiger partial charge < -0.3 is 29.2 Å². The van der Waals surface area contributed by atoms with E-state index in [1.54, 1.807) is 30.3 Å². The fourth-order valence-corrected chi connectivity index (χ4v) is 4.85. The number of nitrogens with zero attached hydrogens (tertiary/aromatic N) is 3. The molecule has 10 nitrogen and oxygen atoms in total. The van der Waals surface area contributed by atoms with E-state index in [-0.39, 0.29) is 17.9 Å². The maximum atomic E-state index is 13.8. The van der Waals surface area contributed by atoms with Crippen molar-refractivity contribution in [3.63, 3.8) is 0 Å². The number of hydrogen-bond acceptors (Lipinski definition) is 7. The van der Waals surface area contributed by atoms with Crippen molar-refractivity contribution in [2.45, 2.75) is 59.0 Å². The highest BCUT2D eigenvalue weighted by Crippen LogP contribution is 2.35. The smallest absolute Gasteiger partial charge is 0.410 e. The normalized spacial score (nSPS) is 14.0. The molecule has 0 aliphatic carbocycles. The van der Waals surface area contributed by atoms with Gasteiger partial charge in [-0.1, -0.05) is 0 Å². The fourth-order valence-electron chi connectivity index (χ4n) is 4.85. The first kappa shape index (κ1) is 29.8. The molecule has 41 heavy (non-hydrogen) atoms. The molecule has 1 N–H and O–H groups in total. The summed E-state index contributed by atoms with van der Waals surface area (Å²) >= 11 is 0. The minimum atomic E-state index is -0.564. The molecule has 4 rings (SSSR count). The summed E-state index contributed by atoms with van der Waals surface area (Å²) in [4.78, 5) is 28.2. The number of likely N-dealkylation sites (tertiary alicyclic amines) is 1. The Balaban J connectivity index is 1.65. The van der Waals surface area contributed by atoms with E-state index in [1.807, 2.05) is 69.6 Å². The molecule has 2 amide bonds. The molecule has 1 aliphatic heterocycles. The van der Waals surface area contributed by atoms with E-state index < -0.39 is 5.60 Å². The number of methoxy groups -OCH3 is 1. The van der Waals surface area contributed by atoms with Crippen LogP contribution < -0.4 is 19.5 Å².